The summed E-state index contributed by atoms with van der Waals surface area (Å²) in [4.78, 5) is 22.3. The van der Waals surface area contributed by atoms with Crippen LogP contribution in [0.25, 0.3) is 0 Å². The van der Waals surface area contributed by atoms with Crippen molar-refractivity contribution in [2.24, 2.45) is 0 Å². The normalized spacial score (nSPS) is 10.2. The number of aryl methyl sites for hydroxylation is 1. The molecule has 0 aliphatic carbocycles. The molecule has 0 saturated heterocycles. The van der Waals surface area contributed by atoms with Crippen LogP contribution in [0.2, 0.25) is 5.02 Å². The maximum absolute atomic E-state index is 12.1. The van der Waals surface area contributed by atoms with Gasteiger partial charge in [0.1, 0.15) is 5.02 Å². The number of halogens is 1. The van der Waals surface area contributed by atoms with E-state index in [0.29, 0.717) is 22.5 Å². The Morgan fingerprint density at radius 2 is 1.90 bits per heavy atom. The summed E-state index contributed by atoms with van der Waals surface area (Å²) in [6.07, 6.45) is 0. The molecule has 0 spiro atoms. The molecule has 0 aromatic heterocycles. The van der Waals surface area contributed by atoms with Crippen LogP contribution in [-0.4, -0.2) is 10.8 Å². The lowest BCUT2D eigenvalue weighted by molar-refractivity contribution is -0.384. The lowest BCUT2D eigenvalue weighted by Gasteiger charge is -2.09. The van der Waals surface area contributed by atoms with Gasteiger partial charge in [-0.3, -0.25) is 14.9 Å². The molecule has 2 aromatic rings. The number of hydrogen-bond acceptors (Lipinski definition) is 4. The molecule has 0 aliphatic rings. The van der Waals surface area contributed by atoms with Crippen molar-refractivity contribution in [2.75, 3.05) is 11.1 Å². The maximum atomic E-state index is 12.1. The molecule has 0 radical (unpaired) electrons. The minimum atomic E-state index is -0.569. The summed E-state index contributed by atoms with van der Waals surface area (Å²) in [5, 5.41) is 13.4. The summed E-state index contributed by atoms with van der Waals surface area (Å²) in [5.41, 5.74) is 7.32. The number of carbonyl (C=O) groups is 1. The van der Waals surface area contributed by atoms with Crippen LogP contribution < -0.4 is 11.1 Å². The zero-order chi connectivity index (χ0) is 15.6. The fourth-order valence-corrected chi connectivity index (χ4v) is 2.00. The third-order valence-electron chi connectivity index (χ3n) is 2.91. The van der Waals surface area contributed by atoms with E-state index in [1.807, 2.05) is 0 Å². The molecule has 0 fully saturated rings. The molecular weight excluding hydrogens is 294 g/mol. The van der Waals surface area contributed by atoms with E-state index in [2.05, 4.69) is 5.32 Å². The minimum absolute atomic E-state index is 0.0294. The first-order valence-electron chi connectivity index (χ1n) is 6.00. The van der Waals surface area contributed by atoms with Crippen LogP contribution in [0.4, 0.5) is 17.1 Å². The Labute approximate surface area is 125 Å². The van der Waals surface area contributed by atoms with Crippen LogP contribution in [-0.2, 0) is 0 Å². The van der Waals surface area contributed by atoms with E-state index in [1.165, 1.54) is 12.1 Å². The Hall–Kier alpha value is -2.60. The number of nitrogens with zero attached hydrogens (tertiary/aromatic N) is 1. The third kappa shape index (κ3) is 3.29. The van der Waals surface area contributed by atoms with Gasteiger partial charge >= 0.3 is 0 Å². The minimum Gasteiger partial charge on any atom is -0.399 e. The molecule has 108 valence electrons. The first-order valence-corrected chi connectivity index (χ1v) is 6.37. The third-order valence-corrected chi connectivity index (χ3v) is 3.21. The van der Waals surface area contributed by atoms with Crippen molar-refractivity contribution in [2.45, 2.75) is 6.92 Å². The molecule has 0 saturated carbocycles. The number of nitro groups is 1. The average molecular weight is 306 g/mol. The van der Waals surface area contributed by atoms with Gasteiger partial charge in [0, 0.05) is 23.0 Å². The van der Waals surface area contributed by atoms with Crippen molar-refractivity contribution < 1.29 is 9.72 Å². The summed E-state index contributed by atoms with van der Waals surface area (Å²) >= 11 is 5.84. The Bertz CT molecular complexity index is 714. The standard InChI is InChI=1S/C14H12ClN3O3/c1-8-6-13(18(20)21)11(15)7-12(8)17-14(19)9-2-4-10(16)5-3-9/h2-7H,16H2,1H3,(H,17,19). The van der Waals surface area contributed by atoms with Crippen LogP contribution in [0, 0.1) is 17.0 Å². The smallest absolute Gasteiger partial charge is 0.288 e. The van der Waals surface area contributed by atoms with E-state index in [1.54, 1.807) is 31.2 Å². The lowest BCUT2D eigenvalue weighted by atomic mass is 10.1. The fourth-order valence-electron chi connectivity index (χ4n) is 1.77. The number of nitrogens with one attached hydrogen (secondary N) is 1. The van der Waals surface area contributed by atoms with Gasteiger partial charge in [-0.15, -0.1) is 0 Å². The zero-order valence-electron chi connectivity index (χ0n) is 11.1. The maximum Gasteiger partial charge on any atom is 0.288 e. The van der Waals surface area contributed by atoms with E-state index in [0.717, 1.165) is 0 Å². The topological polar surface area (TPSA) is 98.3 Å². The fraction of sp³-hybridized carbons (Fsp3) is 0.0714. The summed E-state index contributed by atoms with van der Waals surface area (Å²) < 4.78 is 0. The molecule has 21 heavy (non-hydrogen) atoms. The summed E-state index contributed by atoms with van der Waals surface area (Å²) in [7, 11) is 0. The second-order valence-electron chi connectivity index (χ2n) is 4.45. The molecule has 2 aromatic carbocycles. The monoisotopic (exact) mass is 305 g/mol. The highest BCUT2D eigenvalue weighted by Gasteiger charge is 2.16. The molecule has 6 nitrogen and oxygen atoms in total. The van der Waals surface area contributed by atoms with E-state index in [-0.39, 0.29) is 16.6 Å². The van der Waals surface area contributed by atoms with Crippen LogP contribution >= 0.6 is 11.6 Å². The molecule has 7 heteroatoms. The molecule has 0 bridgehead atoms. The number of carbonyl (C=O) groups excluding carboxylic acids is 1. The van der Waals surface area contributed by atoms with Crippen LogP contribution in [0.15, 0.2) is 36.4 Å². The largest absolute Gasteiger partial charge is 0.399 e. The Balaban J connectivity index is 2.27. The summed E-state index contributed by atoms with van der Waals surface area (Å²) in [6, 6.07) is 9.10. The van der Waals surface area contributed by atoms with Gasteiger partial charge in [-0.1, -0.05) is 11.6 Å². The van der Waals surface area contributed by atoms with Gasteiger partial charge in [0.05, 0.1) is 4.92 Å². The number of rotatable bonds is 3. The molecule has 0 aliphatic heterocycles. The Morgan fingerprint density at radius 3 is 2.48 bits per heavy atom. The molecule has 2 rings (SSSR count). The first kappa shape index (κ1) is 14.8. The Morgan fingerprint density at radius 1 is 1.29 bits per heavy atom. The number of hydrogen-bond donors (Lipinski definition) is 2. The van der Waals surface area contributed by atoms with Gasteiger partial charge in [-0.2, -0.15) is 0 Å². The van der Waals surface area contributed by atoms with Gasteiger partial charge in [-0.25, -0.2) is 0 Å². The predicted octanol–water partition coefficient (Wildman–Crippen LogP) is 3.39. The first-order chi connectivity index (χ1) is 9.88. The molecule has 3 N–H and O–H groups in total. The van der Waals surface area contributed by atoms with Gasteiger partial charge in [0.2, 0.25) is 0 Å². The number of amides is 1. The highest BCUT2D eigenvalue weighted by atomic mass is 35.5. The molecule has 0 heterocycles. The van der Waals surface area contributed by atoms with E-state index in [4.69, 9.17) is 17.3 Å². The molecular formula is C14H12ClN3O3. The highest BCUT2D eigenvalue weighted by Crippen LogP contribution is 2.30. The van der Waals surface area contributed by atoms with Crippen LogP contribution in [0.5, 0.6) is 0 Å². The second-order valence-corrected chi connectivity index (χ2v) is 4.86. The van der Waals surface area contributed by atoms with Crippen LogP contribution in [0.3, 0.4) is 0 Å². The van der Waals surface area contributed by atoms with Crippen molar-refractivity contribution in [3.05, 3.63) is 62.7 Å². The number of nitrogens with two attached hydrogens (primary N) is 1. The van der Waals surface area contributed by atoms with Crippen molar-refractivity contribution >= 4 is 34.6 Å². The number of anilines is 2. The van der Waals surface area contributed by atoms with Gasteiger partial charge in [0.25, 0.3) is 11.6 Å². The number of nitro benzene ring substituents is 1. The van der Waals surface area contributed by atoms with E-state index in [9.17, 15) is 14.9 Å². The van der Waals surface area contributed by atoms with E-state index < -0.39 is 4.92 Å². The number of benzene rings is 2. The Kier molecular flexibility index (Phi) is 4.09. The molecule has 0 atom stereocenters. The number of nitrogen functional groups attached to an aromatic ring is 1. The van der Waals surface area contributed by atoms with Gasteiger partial charge < -0.3 is 11.1 Å². The van der Waals surface area contributed by atoms with Crippen molar-refractivity contribution in [1.29, 1.82) is 0 Å². The molecule has 1 amide bonds. The van der Waals surface area contributed by atoms with Gasteiger partial charge in [-0.05, 0) is 42.8 Å². The SMILES string of the molecule is Cc1cc([N+](=O)[O-])c(Cl)cc1NC(=O)c1ccc(N)cc1. The zero-order valence-corrected chi connectivity index (χ0v) is 11.8. The summed E-state index contributed by atoms with van der Waals surface area (Å²) in [5.74, 6) is -0.344. The van der Waals surface area contributed by atoms with Crippen molar-refractivity contribution in [1.82, 2.24) is 0 Å². The second kappa shape index (κ2) is 5.80. The van der Waals surface area contributed by atoms with Crippen molar-refractivity contribution in [3.8, 4) is 0 Å². The van der Waals surface area contributed by atoms with Gasteiger partial charge in [0.15, 0.2) is 0 Å². The van der Waals surface area contributed by atoms with Crippen molar-refractivity contribution in [3.63, 3.8) is 0 Å². The predicted molar refractivity (Wildman–Crippen MR) is 81.7 cm³/mol. The lowest BCUT2D eigenvalue weighted by Crippen LogP contribution is -2.13. The summed E-state index contributed by atoms with van der Waals surface area (Å²) in [6.45, 7) is 1.65. The highest BCUT2D eigenvalue weighted by molar-refractivity contribution is 6.33. The van der Waals surface area contributed by atoms with Crippen LogP contribution in [0.1, 0.15) is 15.9 Å². The van der Waals surface area contributed by atoms with E-state index >= 15 is 0 Å². The molecule has 0 unspecified atom stereocenters. The average Bonchev–Trinajstić information content (AvgIpc) is 2.42. The quantitative estimate of drug-likeness (QED) is 0.516.